The van der Waals surface area contributed by atoms with Crippen LogP contribution in [0.15, 0.2) is 71.6 Å². The predicted molar refractivity (Wildman–Crippen MR) is 102 cm³/mol. The van der Waals surface area contributed by atoms with Crippen molar-refractivity contribution in [3.8, 4) is 0 Å². The maximum absolute atomic E-state index is 10.6. The van der Waals surface area contributed by atoms with Gasteiger partial charge in [-0.1, -0.05) is 54.6 Å². The summed E-state index contributed by atoms with van der Waals surface area (Å²) in [5, 5.41) is 2.38. The quantitative estimate of drug-likeness (QED) is 0.731. The molecule has 0 saturated carbocycles. The minimum atomic E-state index is -3.16. The minimum absolute atomic E-state index is 0.225. The van der Waals surface area contributed by atoms with E-state index >= 15 is 0 Å². The first kappa shape index (κ1) is 15.2. The van der Waals surface area contributed by atoms with E-state index in [-0.39, 0.29) is 12.0 Å². The lowest BCUT2D eigenvalue weighted by Crippen LogP contribution is -2.37. The Morgan fingerprint density at radius 3 is 2.92 bits per heavy atom. The van der Waals surface area contributed by atoms with Crippen LogP contribution in [0.4, 0.5) is 0 Å². The Labute approximate surface area is 146 Å². The van der Waals surface area contributed by atoms with Crippen LogP contribution >= 0.6 is 7.57 Å². The Kier molecular flexibility index (Phi) is 3.33. The van der Waals surface area contributed by atoms with Crippen LogP contribution in [0.1, 0.15) is 12.8 Å². The molecule has 4 heteroatoms. The number of hydrogen-bond acceptors (Lipinski definition) is 3. The summed E-state index contributed by atoms with van der Waals surface area (Å²) in [6, 6.07) is 8.37. The van der Waals surface area contributed by atoms with Gasteiger partial charge in [-0.3, -0.25) is 4.52 Å². The average molecular weight is 350 g/mol. The molecular formula is C21H19O3P. The van der Waals surface area contributed by atoms with Crippen LogP contribution in [0.25, 0.3) is 11.6 Å². The second-order valence-corrected chi connectivity index (χ2v) is 8.43. The molecule has 0 spiro atoms. The first-order valence-corrected chi connectivity index (χ1v) is 10.3. The molecule has 0 amide bonds. The maximum atomic E-state index is 10.6. The maximum Gasteiger partial charge on any atom is 0.300 e. The molecule has 3 unspecified atom stereocenters. The van der Waals surface area contributed by atoms with E-state index in [1.54, 1.807) is 0 Å². The zero-order valence-electron chi connectivity index (χ0n) is 13.8. The second-order valence-electron chi connectivity index (χ2n) is 6.76. The summed E-state index contributed by atoms with van der Waals surface area (Å²) < 4.78 is 11.9. The summed E-state index contributed by atoms with van der Waals surface area (Å²) in [5.74, 6) is 0.938. The van der Waals surface area contributed by atoms with Gasteiger partial charge >= 0.3 is 7.57 Å². The van der Waals surface area contributed by atoms with Gasteiger partial charge in [-0.2, -0.15) is 0 Å². The highest BCUT2D eigenvalue weighted by Gasteiger charge is 2.38. The lowest BCUT2D eigenvalue weighted by atomic mass is 9.75. The molecule has 3 nitrogen and oxygen atoms in total. The lowest BCUT2D eigenvalue weighted by Gasteiger charge is -2.30. The fraction of sp³-hybridized carbons (Fsp3) is 0.190. The van der Waals surface area contributed by atoms with Crippen molar-refractivity contribution < 1.29 is 13.9 Å². The molecule has 1 heterocycles. The molecule has 0 radical (unpaired) electrons. The van der Waals surface area contributed by atoms with Crippen LogP contribution in [0, 0.1) is 5.92 Å². The monoisotopic (exact) mass is 350 g/mol. The van der Waals surface area contributed by atoms with Crippen molar-refractivity contribution in [2.45, 2.75) is 18.9 Å². The molecule has 0 fully saturated rings. The van der Waals surface area contributed by atoms with E-state index in [2.05, 4.69) is 60.9 Å². The Bertz CT molecular complexity index is 1050. The fourth-order valence-electron chi connectivity index (χ4n) is 4.17. The summed E-state index contributed by atoms with van der Waals surface area (Å²) in [6.45, 7) is 0. The van der Waals surface area contributed by atoms with Gasteiger partial charge in [0.2, 0.25) is 0 Å². The molecule has 25 heavy (non-hydrogen) atoms. The zero-order chi connectivity index (χ0) is 17.0. The summed E-state index contributed by atoms with van der Waals surface area (Å²) in [7, 11) is -3.16. The van der Waals surface area contributed by atoms with Crippen LogP contribution in [0.5, 0.6) is 0 Å². The number of benzene rings is 1. The number of fused-ring (bicyclic) bond motifs is 5. The standard InChI is InChI=1S/C21H19O3P/c1-25(22)23-18-12-10-14-6-2-4-8-16(14)20(18)21-17-9-5-3-7-15(17)11-13-19(21)24-25/h2-8,10-11,13,17-18,22H,1,9,12H2. The molecule has 0 saturated heterocycles. The van der Waals surface area contributed by atoms with Gasteiger partial charge in [0, 0.05) is 11.5 Å². The van der Waals surface area contributed by atoms with E-state index in [1.165, 1.54) is 16.0 Å². The van der Waals surface area contributed by atoms with E-state index in [0.717, 1.165) is 24.0 Å². The fourth-order valence-corrected chi connectivity index (χ4v) is 5.27. The highest BCUT2D eigenvalue weighted by molar-refractivity contribution is 7.58. The summed E-state index contributed by atoms with van der Waals surface area (Å²) in [6.07, 6.45) is 17.9. The Morgan fingerprint density at radius 2 is 2.00 bits per heavy atom. The highest BCUT2D eigenvalue weighted by Crippen LogP contribution is 2.55. The summed E-state index contributed by atoms with van der Waals surface area (Å²) in [5.41, 5.74) is 3.56. The zero-order valence-corrected chi connectivity index (χ0v) is 14.7. The SMILES string of the molecule is C=P1(O)OC2=C(C3=c4ccccc4=CCC3O1)C1CC=CC=C1C=C2. The molecule has 3 aliphatic carbocycles. The molecule has 1 aliphatic heterocycles. The molecule has 0 bridgehead atoms. The third kappa shape index (κ3) is 2.43. The molecule has 1 N–H and O–H groups in total. The first-order chi connectivity index (χ1) is 12.1. The van der Waals surface area contributed by atoms with Crippen LogP contribution in [0.2, 0.25) is 0 Å². The van der Waals surface area contributed by atoms with Gasteiger partial charge in [-0.05, 0) is 46.8 Å². The van der Waals surface area contributed by atoms with Crippen molar-refractivity contribution in [3.63, 3.8) is 0 Å². The number of allylic oxidation sites excluding steroid dienone is 6. The van der Waals surface area contributed by atoms with E-state index in [4.69, 9.17) is 9.05 Å². The molecule has 1 aromatic carbocycles. The van der Waals surface area contributed by atoms with Crippen molar-refractivity contribution in [2.75, 3.05) is 0 Å². The van der Waals surface area contributed by atoms with Gasteiger partial charge in [0.1, 0.15) is 5.76 Å². The van der Waals surface area contributed by atoms with Crippen LogP contribution in [0.3, 0.4) is 0 Å². The molecule has 1 aromatic rings. The van der Waals surface area contributed by atoms with Crippen molar-refractivity contribution >= 4 is 25.5 Å². The Balaban J connectivity index is 1.86. The van der Waals surface area contributed by atoms with Crippen molar-refractivity contribution in [3.05, 3.63) is 82.0 Å². The molecular weight excluding hydrogens is 331 g/mol. The van der Waals surface area contributed by atoms with E-state index in [9.17, 15) is 4.89 Å². The molecule has 0 aromatic heterocycles. The molecule has 3 atom stereocenters. The number of hydrogen-bond donors (Lipinski definition) is 1. The van der Waals surface area contributed by atoms with E-state index < -0.39 is 7.57 Å². The number of rotatable bonds is 0. The molecule has 126 valence electrons. The largest absolute Gasteiger partial charge is 0.432 e. The smallest absolute Gasteiger partial charge is 0.300 e. The summed E-state index contributed by atoms with van der Waals surface area (Å²) in [4.78, 5) is 10.6. The van der Waals surface area contributed by atoms with Crippen LogP contribution in [-0.2, 0) is 9.05 Å². The molecule has 5 rings (SSSR count). The third-order valence-electron chi connectivity index (χ3n) is 5.19. The topological polar surface area (TPSA) is 38.7 Å². The van der Waals surface area contributed by atoms with Crippen LogP contribution in [-0.4, -0.2) is 17.3 Å². The van der Waals surface area contributed by atoms with Crippen molar-refractivity contribution in [1.29, 1.82) is 0 Å². The first-order valence-electron chi connectivity index (χ1n) is 8.55. The minimum Gasteiger partial charge on any atom is -0.432 e. The van der Waals surface area contributed by atoms with E-state index in [0.29, 0.717) is 5.76 Å². The predicted octanol–water partition coefficient (Wildman–Crippen LogP) is 2.95. The van der Waals surface area contributed by atoms with Crippen molar-refractivity contribution in [1.82, 2.24) is 0 Å². The normalized spacial score (nSPS) is 32.4. The van der Waals surface area contributed by atoms with Gasteiger partial charge in [-0.15, -0.1) is 0 Å². The average Bonchev–Trinajstić information content (AvgIpc) is 2.73. The Hall–Kier alpha value is -2.06. The van der Waals surface area contributed by atoms with E-state index in [1.807, 2.05) is 6.08 Å². The highest BCUT2D eigenvalue weighted by atomic mass is 31.2. The van der Waals surface area contributed by atoms with Gasteiger partial charge in [-0.25, -0.2) is 0 Å². The van der Waals surface area contributed by atoms with Crippen molar-refractivity contribution in [2.24, 2.45) is 5.92 Å². The molecule has 4 aliphatic rings. The van der Waals surface area contributed by atoms with Crippen LogP contribution < -0.4 is 10.4 Å². The third-order valence-corrected chi connectivity index (χ3v) is 6.25. The summed E-state index contributed by atoms with van der Waals surface area (Å²) >= 11 is 0. The van der Waals surface area contributed by atoms with Gasteiger partial charge < -0.3 is 9.42 Å². The van der Waals surface area contributed by atoms with Gasteiger partial charge in [0.15, 0.2) is 0 Å². The Morgan fingerprint density at radius 1 is 1.12 bits per heavy atom. The lowest BCUT2D eigenvalue weighted by molar-refractivity contribution is 0.207. The van der Waals surface area contributed by atoms with Gasteiger partial charge in [0.25, 0.3) is 0 Å². The van der Waals surface area contributed by atoms with Gasteiger partial charge in [0.05, 0.1) is 6.10 Å². The second kappa shape index (κ2) is 5.47.